The molecule has 5 atom stereocenters. The first kappa shape index (κ1) is 16.7. The minimum Gasteiger partial charge on any atom is -0.424 e. The highest BCUT2D eigenvalue weighted by molar-refractivity contribution is 5.32. The third kappa shape index (κ3) is 3.37. The summed E-state index contributed by atoms with van der Waals surface area (Å²) in [7, 11) is 0. The summed E-state index contributed by atoms with van der Waals surface area (Å²) >= 11 is 0. The van der Waals surface area contributed by atoms with Gasteiger partial charge in [0, 0.05) is 12.4 Å². The fourth-order valence-electron chi connectivity index (χ4n) is 2.58. The molecule has 0 radical (unpaired) electrons. The summed E-state index contributed by atoms with van der Waals surface area (Å²) in [6.45, 7) is -0.477. The number of hydrogen-bond acceptors (Lipinski definition) is 8. The Morgan fingerprint density at radius 2 is 1.75 bits per heavy atom. The molecular weight excluding hydrogens is 316 g/mol. The maximum Gasteiger partial charge on any atom is 0.321 e. The second kappa shape index (κ2) is 7.20. The lowest BCUT2D eigenvalue weighted by Gasteiger charge is -2.40. The summed E-state index contributed by atoms with van der Waals surface area (Å²) in [4.78, 5) is 7.92. The second-order valence-electron chi connectivity index (χ2n) is 5.46. The average Bonchev–Trinajstić information content (AvgIpc) is 2.61. The molecule has 0 unspecified atom stereocenters. The van der Waals surface area contributed by atoms with Gasteiger partial charge in [0.1, 0.15) is 36.3 Å². The molecule has 8 heteroatoms. The van der Waals surface area contributed by atoms with Gasteiger partial charge < -0.3 is 29.9 Å². The van der Waals surface area contributed by atoms with E-state index < -0.39 is 37.1 Å². The molecule has 1 aliphatic heterocycles. The lowest BCUT2D eigenvalue weighted by molar-refractivity contribution is -0.231. The molecule has 8 nitrogen and oxygen atoms in total. The van der Waals surface area contributed by atoms with Gasteiger partial charge in [0.15, 0.2) is 0 Å². The van der Waals surface area contributed by atoms with Crippen molar-refractivity contribution in [3.63, 3.8) is 0 Å². The summed E-state index contributed by atoms with van der Waals surface area (Å²) in [5.41, 5.74) is 0.528. The Hall–Kier alpha value is -2.10. The van der Waals surface area contributed by atoms with Gasteiger partial charge in [-0.1, -0.05) is 12.1 Å². The number of aliphatic hydroxyl groups excluding tert-OH is 4. The lowest BCUT2D eigenvalue weighted by atomic mass is 9.91. The van der Waals surface area contributed by atoms with E-state index in [9.17, 15) is 20.4 Å². The third-order valence-corrected chi connectivity index (χ3v) is 3.83. The molecule has 0 saturated carbocycles. The van der Waals surface area contributed by atoms with Crippen LogP contribution in [0.2, 0.25) is 0 Å². The van der Waals surface area contributed by atoms with Gasteiger partial charge in [-0.05, 0) is 23.8 Å². The van der Waals surface area contributed by atoms with Crippen molar-refractivity contribution in [3.8, 4) is 11.8 Å². The van der Waals surface area contributed by atoms with E-state index in [1.54, 1.807) is 42.7 Å². The SMILES string of the molecule is OC[C@H]1O[C@H](c2cccc(Oc3ncccn3)c2)[C@@H](O)[C@@H](O)[C@@H]1O. The van der Waals surface area contributed by atoms with Crippen LogP contribution < -0.4 is 4.74 Å². The van der Waals surface area contributed by atoms with Gasteiger partial charge in [-0.15, -0.1) is 0 Å². The Balaban J connectivity index is 1.82. The lowest BCUT2D eigenvalue weighted by Crippen LogP contribution is -2.55. The van der Waals surface area contributed by atoms with Crippen LogP contribution in [0, 0.1) is 0 Å². The van der Waals surface area contributed by atoms with E-state index in [-0.39, 0.29) is 6.01 Å². The highest BCUT2D eigenvalue weighted by Crippen LogP contribution is 2.34. The molecule has 0 amide bonds. The highest BCUT2D eigenvalue weighted by Gasteiger charge is 2.43. The van der Waals surface area contributed by atoms with E-state index >= 15 is 0 Å². The Labute approximate surface area is 138 Å². The predicted octanol–water partition coefficient (Wildman–Crippen LogP) is -0.216. The first-order chi connectivity index (χ1) is 11.6. The topological polar surface area (TPSA) is 125 Å². The van der Waals surface area contributed by atoms with Crippen LogP contribution in [0.1, 0.15) is 11.7 Å². The van der Waals surface area contributed by atoms with Gasteiger partial charge in [-0.2, -0.15) is 0 Å². The van der Waals surface area contributed by atoms with Crippen molar-refractivity contribution in [2.24, 2.45) is 0 Å². The summed E-state index contributed by atoms with van der Waals surface area (Å²) in [5, 5.41) is 39.2. The highest BCUT2D eigenvalue weighted by atomic mass is 16.5. The molecule has 2 heterocycles. The van der Waals surface area contributed by atoms with Crippen molar-refractivity contribution in [1.82, 2.24) is 9.97 Å². The summed E-state index contributed by atoms with van der Waals surface area (Å²) in [6.07, 6.45) is -2.95. The molecule has 1 aliphatic rings. The van der Waals surface area contributed by atoms with Crippen molar-refractivity contribution in [2.75, 3.05) is 6.61 Å². The van der Waals surface area contributed by atoms with Gasteiger partial charge in [-0.3, -0.25) is 0 Å². The van der Waals surface area contributed by atoms with Crippen LogP contribution in [0.25, 0.3) is 0 Å². The minimum atomic E-state index is -1.43. The normalized spacial score (nSPS) is 30.1. The Morgan fingerprint density at radius 1 is 1.00 bits per heavy atom. The standard InChI is InChI=1S/C16H18N2O6/c19-8-11-12(20)13(21)14(22)15(24-11)9-3-1-4-10(7-9)23-16-17-5-2-6-18-16/h1-7,11-15,19-22H,8H2/t11-,12-,13+,14+,15-/m1/s1. The van der Waals surface area contributed by atoms with E-state index in [2.05, 4.69) is 9.97 Å². The number of nitrogens with zero attached hydrogens (tertiary/aromatic N) is 2. The van der Waals surface area contributed by atoms with Gasteiger partial charge >= 0.3 is 6.01 Å². The number of benzene rings is 1. The van der Waals surface area contributed by atoms with Crippen LogP contribution in [0.4, 0.5) is 0 Å². The third-order valence-electron chi connectivity index (χ3n) is 3.83. The summed E-state index contributed by atoms with van der Waals surface area (Å²) < 4.78 is 11.1. The number of aromatic nitrogens is 2. The smallest absolute Gasteiger partial charge is 0.321 e. The molecule has 1 saturated heterocycles. The van der Waals surface area contributed by atoms with Crippen molar-refractivity contribution in [1.29, 1.82) is 0 Å². The van der Waals surface area contributed by atoms with Crippen molar-refractivity contribution in [2.45, 2.75) is 30.5 Å². The van der Waals surface area contributed by atoms with Crippen LogP contribution in [0.15, 0.2) is 42.7 Å². The Morgan fingerprint density at radius 3 is 2.46 bits per heavy atom. The van der Waals surface area contributed by atoms with E-state index in [4.69, 9.17) is 9.47 Å². The molecule has 2 aromatic rings. The Bertz CT molecular complexity index is 669. The zero-order chi connectivity index (χ0) is 17.1. The quantitative estimate of drug-likeness (QED) is 0.605. The molecule has 128 valence electrons. The predicted molar refractivity (Wildman–Crippen MR) is 81.3 cm³/mol. The Kier molecular flexibility index (Phi) is 5.03. The average molecular weight is 334 g/mol. The zero-order valence-electron chi connectivity index (χ0n) is 12.6. The number of hydrogen-bond donors (Lipinski definition) is 4. The molecule has 24 heavy (non-hydrogen) atoms. The van der Waals surface area contributed by atoms with E-state index in [0.717, 1.165) is 0 Å². The molecule has 1 aromatic carbocycles. The fraction of sp³-hybridized carbons (Fsp3) is 0.375. The van der Waals surface area contributed by atoms with Gasteiger partial charge in [0.2, 0.25) is 0 Å². The fourth-order valence-corrected chi connectivity index (χ4v) is 2.58. The van der Waals surface area contributed by atoms with E-state index in [1.807, 2.05) is 0 Å². The monoisotopic (exact) mass is 334 g/mol. The van der Waals surface area contributed by atoms with Crippen LogP contribution >= 0.6 is 0 Å². The zero-order valence-corrected chi connectivity index (χ0v) is 12.6. The first-order valence-corrected chi connectivity index (χ1v) is 7.45. The maximum atomic E-state index is 10.2. The van der Waals surface area contributed by atoms with Crippen LogP contribution in [0.5, 0.6) is 11.8 Å². The van der Waals surface area contributed by atoms with E-state index in [0.29, 0.717) is 11.3 Å². The number of aliphatic hydroxyl groups is 4. The summed E-state index contributed by atoms with van der Waals surface area (Å²) in [6, 6.07) is 8.51. The number of ether oxygens (including phenoxy) is 2. The minimum absolute atomic E-state index is 0.170. The molecule has 1 aromatic heterocycles. The maximum absolute atomic E-state index is 10.2. The van der Waals surface area contributed by atoms with Crippen molar-refractivity contribution >= 4 is 0 Å². The van der Waals surface area contributed by atoms with Crippen LogP contribution in [-0.4, -0.2) is 61.4 Å². The molecule has 1 fully saturated rings. The molecule has 0 spiro atoms. The first-order valence-electron chi connectivity index (χ1n) is 7.45. The van der Waals surface area contributed by atoms with Gasteiger partial charge in [0.25, 0.3) is 0 Å². The number of rotatable bonds is 4. The van der Waals surface area contributed by atoms with Crippen LogP contribution in [0.3, 0.4) is 0 Å². The molecule has 0 aliphatic carbocycles. The summed E-state index contributed by atoms with van der Waals surface area (Å²) in [5.74, 6) is 0.427. The van der Waals surface area contributed by atoms with Gasteiger partial charge in [-0.25, -0.2) is 9.97 Å². The largest absolute Gasteiger partial charge is 0.424 e. The van der Waals surface area contributed by atoms with Crippen molar-refractivity contribution in [3.05, 3.63) is 48.3 Å². The van der Waals surface area contributed by atoms with Gasteiger partial charge in [0.05, 0.1) is 6.61 Å². The molecule has 0 bridgehead atoms. The van der Waals surface area contributed by atoms with Crippen LogP contribution in [-0.2, 0) is 4.74 Å². The molecule has 3 rings (SSSR count). The molecule has 4 N–H and O–H groups in total. The molecular formula is C16H18N2O6. The second-order valence-corrected chi connectivity index (χ2v) is 5.46. The van der Waals surface area contributed by atoms with E-state index in [1.165, 1.54) is 0 Å². The van der Waals surface area contributed by atoms with Crippen molar-refractivity contribution < 1.29 is 29.9 Å².